The fourth-order valence-electron chi connectivity index (χ4n) is 1.80. The lowest BCUT2D eigenvalue weighted by Crippen LogP contribution is -2.37. The molecule has 0 aromatic heterocycles. The zero-order valence-electron chi connectivity index (χ0n) is 8.26. The molecule has 0 aliphatic carbocycles. The largest absolute Gasteiger partial charge is 0.310 e. The van der Waals surface area contributed by atoms with Crippen molar-refractivity contribution in [3.05, 3.63) is 0 Å². The van der Waals surface area contributed by atoms with Crippen LogP contribution in [-0.2, 0) is 0 Å². The highest BCUT2D eigenvalue weighted by atomic mass is 19.3. The summed E-state index contributed by atoms with van der Waals surface area (Å²) in [5, 5.41) is 3.36. The Morgan fingerprint density at radius 2 is 2.15 bits per heavy atom. The van der Waals surface area contributed by atoms with Crippen molar-refractivity contribution >= 4 is 0 Å². The molecule has 1 fully saturated rings. The van der Waals surface area contributed by atoms with E-state index in [1.165, 1.54) is 0 Å². The second-order valence-corrected chi connectivity index (χ2v) is 3.96. The molecule has 1 rings (SSSR count). The first-order valence-electron chi connectivity index (χ1n) is 4.84. The van der Waals surface area contributed by atoms with Crippen molar-refractivity contribution in [2.24, 2.45) is 0 Å². The molecule has 0 radical (unpaired) electrons. The summed E-state index contributed by atoms with van der Waals surface area (Å²) in [5.41, 5.74) is 0. The van der Waals surface area contributed by atoms with Gasteiger partial charge in [0.05, 0.1) is 6.54 Å². The number of likely N-dealkylation sites (tertiary alicyclic amines) is 1. The molecule has 1 saturated heterocycles. The standard InChI is InChI=1S/C9H18F2N2/c1-7(2)12-8-3-4-13(5-8)6-9(10)11/h7-9,12H,3-6H2,1-2H3/t8-/m1/s1. The predicted octanol–water partition coefficient (Wildman–Crippen LogP) is 1.32. The van der Waals surface area contributed by atoms with E-state index in [0.29, 0.717) is 12.1 Å². The third-order valence-electron chi connectivity index (χ3n) is 2.24. The molecule has 0 spiro atoms. The van der Waals surface area contributed by atoms with Gasteiger partial charge in [-0.1, -0.05) is 13.8 Å². The van der Waals surface area contributed by atoms with E-state index in [1.54, 1.807) is 0 Å². The summed E-state index contributed by atoms with van der Waals surface area (Å²) < 4.78 is 24.0. The Morgan fingerprint density at radius 1 is 1.46 bits per heavy atom. The van der Waals surface area contributed by atoms with E-state index in [4.69, 9.17) is 0 Å². The van der Waals surface area contributed by atoms with E-state index in [2.05, 4.69) is 19.2 Å². The van der Waals surface area contributed by atoms with Gasteiger partial charge in [0.15, 0.2) is 0 Å². The Bertz CT molecular complexity index is 135. The number of hydrogen-bond donors (Lipinski definition) is 1. The molecule has 1 heterocycles. The zero-order valence-corrected chi connectivity index (χ0v) is 8.26. The number of nitrogens with one attached hydrogen (secondary N) is 1. The van der Waals surface area contributed by atoms with Crippen LogP contribution in [0.5, 0.6) is 0 Å². The number of halogens is 2. The van der Waals surface area contributed by atoms with Crippen molar-refractivity contribution in [1.82, 2.24) is 10.2 Å². The van der Waals surface area contributed by atoms with Gasteiger partial charge >= 0.3 is 0 Å². The molecule has 0 amide bonds. The minimum atomic E-state index is -2.20. The third-order valence-corrected chi connectivity index (χ3v) is 2.24. The number of nitrogens with zero attached hydrogens (tertiary/aromatic N) is 1. The minimum Gasteiger partial charge on any atom is -0.310 e. The van der Waals surface area contributed by atoms with Crippen LogP contribution >= 0.6 is 0 Å². The van der Waals surface area contributed by atoms with Crippen LogP contribution in [-0.4, -0.2) is 43.0 Å². The van der Waals surface area contributed by atoms with Crippen LogP contribution in [0.1, 0.15) is 20.3 Å². The minimum absolute atomic E-state index is 0.0731. The van der Waals surface area contributed by atoms with Gasteiger partial charge in [-0.15, -0.1) is 0 Å². The second kappa shape index (κ2) is 4.86. The molecule has 1 aliphatic heterocycles. The maximum atomic E-state index is 12.0. The van der Waals surface area contributed by atoms with Crippen LogP contribution in [0.15, 0.2) is 0 Å². The molecule has 1 N–H and O–H groups in total. The molecule has 0 aromatic carbocycles. The lowest BCUT2D eigenvalue weighted by molar-refractivity contribution is 0.0985. The third kappa shape index (κ3) is 4.00. The summed E-state index contributed by atoms with van der Waals surface area (Å²) in [7, 11) is 0. The molecular formula is C9H18F2N2. The highest BCUT2D eigenvalue weighted by molar-refractivity contribution is 4.82. The maximum Gasteiger partial charge on any atom is 0.251 e. The predicted molar refractivity (Wildman–Crippen MR) is 49.1 cm³/mol. The molecule has 4 heteroatoms. The van der Waals surface area contributed by atoms with E-state index in [1.807, 2.05) is 4.90 Å². The summed E-state index contributed by atoms with van der Waals surface area (Å²) in [5.74, 6) is 0. The van der Waals surface area contributed by atoms with Crippen molar-refractivity contribution in [2.45, 2.75) is 38.8 Å². The van der Waals surface area contributed by atoms with Gasteiger partial charge in [-0.3, -0.25) is 4.90 Å². The number of rotatable bonds is 4. The monoisotopic (exact) mass is 192 g/mol. The van der Waals surface area contributed by atoms with Crippen molar-refractivity contribution in [2.75, 3.05) is 19.6 Å². The highest BCUT2D eigenvalue weighted by Crippen LogP contribution is 2.11. The quantitative estimate of drug-likeness (QED) is 0.722. The molecule has 1 atom stereocenters. The van der Waals surface area contributed by atoms with E-state index in [9.17, 15) is 8.78 Å². The lowest BCUT2D eigenvalue weighted by Gasteiger charge is -2.17. The lowest BCUT2D eigenvalue weighted by atomic mass is 10.2. The molecular weight excluding hydrogens is 174 g/mol. The van der Waals surface area contributed by atoms with Crippen LogP contribution in [0.3, 0.4) is 0 Å². The first-order chi connectivity index (χ1) is 6.08. The van der Waals surface area contributed by atoms with Crippen molar-refractivity contribution in [3.8, 4) is 0 Å². The number of hydrogen-bond acceptors (Lipinski definition) is 2. The van der Waals surface area contributed by atoms with Gasteiger partial charge in [-0.2, -0.15) is 0 Å². The normalized spacial score (nSPS) is 24.9. The molecule has 0 unspecified atom stereocenters. The van der Waals surface area contributed by atoms with Crippen LogP contribution < -0.4 is 5.32 Å². The molecule has 2 nitrogen and oxygen atoms in total. The molecule has 13 heavy (non-hydrogen) atoms. The van der Waals surface area contributed by atoms with E-state index >= 15 is 0 Å². The van der Waals surface area contributed by atoms with E-state index in [0.717, 1.165) is 19.5 Å². The van der Waals surface area contributed by atoms with Gasteiger partial charge in [-0.25, -0.2) is 8.78 Å². The SMILES string of the molecule is CC(C)N[C@@H]1CCN(CC(F)F)C1. The fraction of sp³-hybridized carbons (Fsp3) is 1.00. The Balaban J connectivity index is 2.20. The van der Waals surface area contributed by atoms with Crippen LogP contribution in [0.2, 0.25) is 0 Å². The van der Waals surface area contributed by atoms with Gasteiger partial charge in [-0.05, 0) is 13.0 Å². The Labute approximate surface area is 78.3 Å². The van der Waals surface area contributed by atoms with Gasteiger partial charge in [0.2, 0.25) is 0 Å². The summed E-state index contributed by atoms with van der Waals surface area (Å²) in [6.45, 7) is 5.65. The van der Waals surface area contributed by atoms with E-state index in [-0.39, 0.29) is 6.54 Å². The zero-order chi connectivity index (χ0) is 9.84. The topological polar surface area (TPSA) is 15.3 Å². The van der Waals surface area contributed by atoms with Crippen molar-refractivity contribution in [1.29, 1.82) is 0 Å². The summed E-state index contributed by atoms with van der Waals surface area (Å²) in [4.78, 5) is 1.82. The van der Waals surface area contributed by atoms with Crippen molar-refractivity contribution in [3.63, 3.8) is 0 Å². The van der Waals surface area contributed by atoms with Crippen LogP contribution in [0.25, 0.3) is 0 Å². The Morgan fingerprint density at radius 3 is 2.69 bits per heavy atom. The average Bonchev–Trinajstić information content (AvgIpc) is 2.33. The van der Waals surface area contributed by atoms with Gasteiger partial charge in [0.1, 0.15) is 0 Å². The van der Waals surface area contributed by atoms with Gasteiger partial charge < -0.3 is 5.32 Å². The van der Waals surface area contributed by atoms with Crippen molar-refractivity contribution < 1.29 is 8.78 Å². The Kier molecular flexibility index (Phi) is 4.06. The molecule has 1 aliphatic rings. The maximum absolute atomic E-state index is 12.0. The fourth-order valence-corrected chi connectivity index (χ4v) is 1.80. The molecule has 0 bridgehead atoms. The summed E-state index contributed by atoms with van der Waals surface area (Å²) in [6, 6.07) is 0.843. The molecule has 0 aromatic rings. The second-order valence-electron chi connectivity index (χ2n) is 3.96. The average molecular weight is 192 g/mol. The number of alkyl halides is 2. The summed E-state index contributed by atoms with van der Waals surface area (Å²) >= 11 is 0. The van der Waals surface area contributed by atoms with E-state index < -0.39 is 6.43 Å². The highest BCUT2D eigenvalue weighted by Gasteiger charge is 2.24. The smallest absolute Gasteiger partial charge is 0.251 e. The first-order valence-corrected chi connectivity index (χ1v) is 4.84. The molecule has 0 saturated carbocycles. The van der Waals surface area contributed by atoms with Gasteiger partial charge in [0.25, 0.3) is 6.43 Å². The van der Waals surface area contributed by atoms with Gasteiger partial charge in [0, 0.05) is 18.6 Å². The Hall–Kier alpha value is -0.220. The van der Waals surface area contributed by atoms with Crippen LogP contribution in [0.4, 0.5) is 8.78 Å². The first kappa shape index (κ1) is 10.9. The summed E-state index contributed by atoms with van der Waals surface area (Å²) in [6.07, 6.45) is -1.21. The van der Waals surface area contributed by atoms with Crippen LogP contribution in [0, 0.1) is 0 Å². The molecule has 78 valence electrons.